The summed E-state index contributed by atoms with van der Waals surface area (Å²) in [7, 11) is 0. The van der Waals surface area contributed by atoms with Crippen molar-refractivity contribution in [3.8, 4) is 5.75 Å². The topological polar surface area (TPSA) is 75.7 Å². The van der Waals surface area contributed by atoms with Gasteiger partial charge in [-0.1, -0.05) is 60.1 Å². The number of rotatable bonds is 6. The van der Waals surface area contributed by atoms with Gasteiger partial charge in [0.05, 0.1) is 12.3 Å². The number of hydrogen-bond donors (Lipinski definition) is 1. The van der Waals surface area contributed by atoms with Crippen LogP contribution < -0.4 is 15.0 Å². The maximum Gasteiger partial charge on any atom is 0.335 e. The second-order valence-corrected chi connectivity index (χ2v) is 8.22. The molecule has 4 rings (SSSR count). The number of ether oxygens (including phenoxy) is 1. The molecular weight excluding hydrogens is 452 g/mol. The Balaban J connectivity index is 1.69. The summed E-state index contributed by atoms with van der Waals surface area (Å²) in [6.07, 6.45) is 2.04. The Labute approximate surface area is 202 Å². The normalized spacial score (nSPS) is 15.0. The van der Waals surface area contributed by atoms with Crippen LogP contribution in [-0.2, 0) is 16.0 Å². The third kappa shape index (κ3) is 4.72. The second-order valence-electron chi connectivity index (χ2n) is 7.81. The number of carbonyl (C=O) groups is 3. The fourth-order valence-electron chi connectivity index (χ4n) is 3.80. The molecule has 0 saturated carbocycles. The zero-order chi connectivity index (χ0) is 24.2. The van der Waals surface area contributed by atoms with E-state index in [-0.39, 0.29) is 5.57 Å². The zero-order valence-electron chi connectivity index (χ0n) is 18.8. The van der Waals surface area contributed by atoms with Crippen molar-refractivity contribution in [3.63, 3.8) is 0 Å². The molecule has 4 amide bonds. The molecule has 0 unspecified atom stereocenters. The predicted molar refractivity (Wildman–Crippen MR) is 132 cm³/mol. The molecule has 0 radical (unpaired) electrons. The van der Waals surface area contributed by atoms with Crippen LogP contribution in [-0.4, -0.2) is 24.5 Å². The van der Waals surface area contributed by atoms with Crippen LogP contribution in [0.15, 0.2) is 72.3 Å². The number of halogens is 1. The number of amides is 4. The number of benzene rings is 3. The Bertz CT molecular complexity index is 1320. The molecular formula is C27H23ClN2O4. The largest absolute Gasteiger partial charge is 0.494 e. The van der Waals surface area contributed by atoms with Gasteiger partial charge in [0.2, 0.25) is 0 Å². The first-order valence-electron chi connectivity index (χ1n) is 10.8. The lowest BCUT2D eigenvalue weighted by atomic mass is 10.0. The van der Waals surface area contributed by atoms with Crippen LogP contribution in [0.4, 0.5) is 10.5 Å². The summed E-state index contributed by atoms with van der Waals surface area (Å²) in [5.74, 6) is -0.786. The second kappa shape index (κ2) is 9.93. The van der Waals surface area contributed by atoms with Gasteiger partial charge in [0.25, 0.3) is 11.8 Å². The SMILES string of the molecule is CCOc1cc(/C=C2\C(=O)NC(=O)N(c3ccccc3C)C2=O)ccc1Cc1ccccc1Cl. The maximum absolute atomic E-state index is 13.2. The Morgan fingerprint density at radius 1 is 0.971 bits per heavy atom. The molecule has 1 fully saturated rings. The van der Waals surface area contributed by atoms with Crippen LogP contribution in [0.1, 0.15) is 29.2 Å². The molecule has 1 aliphatic rings. The van der Waals surface area contributed by atoms with Gasteiger partial charge >= 0.3 is 6.03 Å². The number of para-hydroxylation sites is 1. The minimum Gasteiger partial charge on any atom is -0.494 e. The van der Waals surface area contributed by atoms with E-state index in [9.17, 15) is 14.4 Å². The number of carbonyl (C=O) groups excluding carboxylic acids is 3. The number of imide groups is 2. The van der Waals surface area contributed by atoms with E-state index in [0.29, 0.717) is 35.1 Å². The predicted octanol–water partition coefficient (Wildman–Crippen LogP) is 5.30. The smallest absolute Gasteiger partial charge is 0.335 e. The van der Waals surface area contributed by atoms with Crippen molar-refractivity contribution >= 4 is 41.2 Å². The third-order valence-electron chi connectivity index (χ3n) is 5.50. The monoisotopic (exact) mass is 474 g/mol. The van der Waals surface area contributed by atoms with Gasteiger partial charge in [0.1, 0.15) is 11.3 Å². The number of aryl methyl sites for hydroxylation is 1. The van der Waals surface area contributed by atoms with E-state index < -0.39 is 17.8 Å². The maximum atomic E-state index is 13.2. The highest BCUT2D eigenvalue weighted by molar-refractivity contribution is 6.39. The van der Waals surface area contributed by atoms with Crippen LogP contribution in [0, 0.1) is 6.92 Å². The van der Waals surface area contributed by atoms with Crippen LogP contribution in [0.25, 0.3) is 6.08 Å². The van der Waals surface area contributed by atoms with Crippen molar-refractivity contribution in [3.05, 3.63) is 99.6 Å². The Morgan fingerprint density at radius 2 is 1.71 bits per heavy atom. The lowest BCUT2D eigenvalue weighted by Gasteiger charge is -2.27. The van der Waals surface area contributed by atoms with E-state index in [2.05, 4.69) is 5.32 Å². The minimum absolute atomic E-state index is 0.135. The van der Waals surface area contributed by atoms with E-state index in [1.165, 1.54) is 6.08 Å². The molecule has 1 N–H and O–H groups in total. The van der Waals surface area contributed by atoms with Gasteiger partial charge in [-0.2, -0.15) is 0 Å². The number of nitrogens with one attached hydrogen (secondary N) is 1. The molecule has 1 saturated heterocycles. The van der Waals surface area contributed by atoms with E-state index in [1.807, 2.05) is 43.3 Å². The molecule has 3 aromatic carbocycles. The molecule has 0 aromatic heterocycles. The van der Waals surface area contributed by atoms with Crippen molar-refractivity contribution in [2.45, 2.75) is 20.3 Å². The Morgan fingerprint density at radius 3 is 2.44 bits per heavy atom. The van der Waals surface area contributed by atoms with Gasteiger partial charge < -0.3 is 4.74 Å². The average Bonchev–Trinajstić information content (AvgIpc) is 2.81. The highest BCUT2D eigenvalue weighted by Crippen LogP contribution is 2.29. The summed E-state index contributed by atoms with van der Waals surface area (Å²) in [5, 5.41) is 2.93. The van der Waals surface area contributed by atoms with Gasteiger partial charge in [-0.05, 0) is 60.4 Å². The van der Waals surface area contributed by atoms with E-state index in [4.69, 9.17) is 16.3 Å². The highest BCUT2D eigenvalue weighted by atomic mass is 35.5. The Hall–Kier alpha value is -3.90. The molecule has 0 spiro atoms. The molecule has 34 heavy (non-hydrogen) atoms. The van der Waals surface area contributed by atoms with Crippen LogP contribution in [0.3, 0.4) is 0 Å². The first-order valence-corrected chi connectivity index (χ1v) is 11.2. The summed E-state index contributed by atoms with van der Waals surface area (Å²) < 4.78 is 5.83. The molecule has 0 bridgehead atoms. The van der Waals surface area contributed by atoms with Crippen molar-refractivity contribution < 1.29 is 19.1 Å². The van der Waals surface area contributed by atoms with Crippen LogP contribution >= 0.6 is 11.6 Å². The zero-order valence-corrected chi connectivity index (χ0v) is 19.6. The Kier molecular flexibility index (Phi) is 6.80. The fourth-order valence-corrected chi connectivity index (χ4v) is 4.00. The fraction of sp³-hybridized carbons (Fsp3) is 0.148. The standard InChI is InChI=1S/C27H23ClN2O4/c1-3-34-24-15-18(12-13-20(24)16-19-9-5-6-10-22(19)28)14-21-25(31)29-27(33)30(26(21)32)23-11-7-4-8-17(23)2/h4-15H,3,16H2,1-2H3,(H,29,31,33)/b21-14+. The van der Waals surface area contributed by atoms with Gasteiger partial charge in [0, 0.05) is 11.4 Å². The summed E-state index contributed by atoms with van der Waals surface area (Å²) in [6, 6.07) is 19.3. The summed E-state index contributed by atoms with van der Waals surface area (Å²) in [4.78, 5) is 39.2. The van der Waals surface area contributed by atoms with Gasteiger partial charge in [-0.3, -0.25) is 14.9 Å². The van der Waals surface area contributed by atoms with Gasteiger partial charge in [-0.15, -0.1) is 0 Å². The summed E-state index contributed by atoms with van der Waals surface area (Å²) in [5.41, 5.74) is 3.52. The number of hydrogen-bond acceptors (Lipinski definition) is 4. The molecule has 1 heterocycles. The lowest BCUT2D eigenvalue weighted by molar-refractivity contribution is -0.122. The number of nitrogens with zero attached hydrogens (tertiary/aromatic N) is 1. The van der Waals surface area contributed by atoms with E-state index >= 15 is 0 Å². The third-order valence-corrected chi connectivity index (χ3v) is 5.87. The summed E-state index contributed by atoms with van der Waals surface area (Å²) >= 11 is 6.32. The van der Waals surface area contributed by atoms with Crippen molar-refractivity contribution in [2.75, 3.05) is 11.5 Å². The molecule has 172 valence electrons. The van der Waals surface area contributed by atoms with Crippen LogP contribution in [0.5, 0.6) is 5.75 Å². The molecule has 3 aromatic rings. The van der Waals surface area contributed by atoms with Crippen molar-refractivity contribution in [2.24, 2.45) is 0 Å². The van der Waals surface area contributed by atoms with Gasteiger partial charge in [0.15, 0.2) is 0 Å². The number of anilines is 1. The number of urea groups is 1. The molecule has 1 aliphatic heterocycles. The first-order chi connectivity index (χ1) is 16.4. The van der Waals surface area contributed by atoms with Gasteiger partial charge in [-0.25, -0.2) is 9.69 Å². The highest BCUT2D eigenvalue weighted by Gasteiger charge is 2.37. The quantitative estimate of drug-likeness (QED) is 0.388. The van der Waals surface area contributed by atoms with E-state index in [1.54, 1.807) is 37.3 Å². The van der Waals surface area contributed by atoms with Crippen LogP contribution in [0.2, 0.25) is 5.02 Å². The summed E-state index contributed by atoms with van der Waals surface area (Å²) in [6.45, 7) is 4.13. The van der Waals surface area contributed by atoms with Crippen molar-refractivity contribution in [1.29, 1.82) is 0 Å². The minimum atomic E-state index is -0.772. The molecule has 6 nitrogen and oxygen atoms in total. The molecule has 0 atom stereocenters. The molecule has 7 heteroatoms. The molecule has 0 aliphatic carbocycles. The first kappa shape index (κ1) is 23.3. The lowest BCUT2D eigenvalue weighted by Crippen LogP contribution is -2.54. The van der Waals surface area contributed by atoms with Crippen molar-refractivity contribution in [1.82, 2.24) is 5.32 Å². The number of barbiturate groups is 1. The van der Waals surface area contributed by atoms with E-state index in [0.717, 1.165) is 21.6 Å². The average molecular weight is 475 g/mol.